The van der Waals surface area contributed by atoms with Gasteiger partial charge in [-0.3, -0.25) is 4.79 Å². The van der Waals surface area contributed by atoms with Crippen molar-refractivity contribution < 1.29 is 18.3 Å². The molecule has 0 radical (unpaired) electrons. The highest BCUT2D eigenvalue weighted by Gasteiger charge is 2.03. The zero-order valence-corrected chi connectivity index (χ0v) is 10.8. The number of hydrogen-bond acceptors (Lipinski definition) is 3. The average molecular weight is 272 g/mol. The average Bonchev–Trinajstić information content (AvgIpc) is 2.39. The predicted octanol–water partition coefficient (Wildman–Crippen LogP) is 1.46. The van der Waals surface area contributed by atoms with Gasteiger partial charge >= 0.3 is 0 Å². The number of amides is 1. The Morgan fingerprint density at radius 2 is 2.05 bits per heavy atom. The molecule has 0 aliphatic heterocycles. The maximum atomic E-state index is 12.9. The lowest BCUT2D eigenvalue weighted by Gasteiger charge is -2.08. The molecule has 0 bridgehead atoms. The van der Waals surface area contributed by atoms with Crippen LogP contribution in [-0.4, -0.2) is 32.7 Å². The highest BCUT2D eigenvalue weighted by molar-refractivity contribution is 5.75. The van der Waals surface area contributed by atoms with E-state index in [0.29, 0.717) is 13.0 Å². The summed E-state index contributed by atoms with van der Waals surface area (Å²) in [4.78, 5) is 11.3. The van der Waals surface area contributed by atoms with E-state index in [1.807, 2.05) is 7.05 Å². The molecule has 0 aliphatic carbocycles. The van der Waals surface area contributed by atoms with Gasteiger partial charge in [-0.2, -0.15) is 0 Å². The van der Waals surface area contributed by atoms with Crippen LogP contribution in [0.1, 0.15) is 12.8 Å². The van der Waals surface area contributed by atoms with Gasteiger partial charge in [0.05, 0.1) is 6.54 Å². The molecule has 0 aliphatic rings. The first-order chi connectivity index (χ1) is 9.13. The number of carbonyl (C=O) groups excluding carboxylic acids is 1. The molecule has 0 saturated carbocycles. The van der Waals surface area contributed by atoms with Gasteiger partial charge in [0, 0.05) is 12.5 Å². The molecule has 1 aromatic rings. The van der Waals surface area contributed by atoms with Gasteiger partial charge in [-0.15, -0.1) is 0 Å². The van der Waals surface area contributed by atoms with Gasteiger partial charge in [-0.05, 0) is 32.1 Å². The van der Waals surface area contributed by atoms with Crippen LogP contribution in [0.2, 0.25) is 0 Å². The summed E-state index contributed by atoms with van der Waals surface area (Å²) in [7, 11) is 1.83. The molecule has 4 nitrogen and oxygen atoms in total. The molecule has 0 saturated heterocycles. The Hall–Kier alpha value is -1.69. The van der Waals surface area contributed by atoms with Crippen LogP contribution in [0.5, 0.6) is 5.75 Å². The summed E-state index contributed by atoms with van der Waals surface area (Å²) in [5, 5.41) is 5.63. The van der Waals surface area contributed by atoms with E-state index in [-0.39, 0.29) is 18.3 Å². The third-order valence-corrected chi connectivity index (χ3v) is 2.41. The third kappa shape index (κ3) is 6.15. The van der Waals surface area contributed by atoms with E-state index in [2.05, 4.69) is 10.6 Å². The van der Waals surface area contributed by atoms with E-state index in [1.165, 1.54) is 6.07 Å². The van der Waals surface area contributed by atoms with Crippen molar-refractivity contribution in [1.29, 1.82) is 0 Å². The topological polar surface area (TPSA) is 50.4 Å². The fourth-order valence-corrected chi connectivity index (χ4v) is 1.44. The molecule has 1 aromatic carbocycles. The molecule has 0 unspecified atom stereocenters. The SMILES string of the molecule is CNCCCC(=O)NCCOc1ccc(F)c(F)c1. The monoisotopic (exact) mass is 272 g/mol. The molecule has 1 amide bonds. The normalized spacial score (nSPS) is 10.3. The van der Waals surface area contributed by atoms with Crippen molar-refractivity contribution in [1.82, 2.24) is 10.6 Å². The molecule has 0 heterocycles. The summed E-state index contributed by atoms with van der Waals surface area (Å²) in [6, 6.07) is 3.32. The van der Waals surface area contributed by atoms with E-state index in [1.54, 1.807) is 0 Å². The van der Waals surface area contributed by atoms with Crippen molar-refractivity contribution in [3.63, 3.8) is 0 Å². The smallest absolute Gasteiger partial charge is 0.220 e. The Morgan fingerprint density at radius 1 is 1.26 bits per heavy atom. The minimum Gasteiger partial charge on any atom is -0.492 e. The Bertz CT molecular complexity index is 414. The molecule has 0 atom stereocenters. The summed E-state index contributed by atoms with van der Waals surface area (Å²) in [6.07, 6.45) is 1.22. The van der Waals surface area contributed by atoms with Crippen LogP contribution in [0.15, 0.2) is 18.2 Å². The Kier molecular flexibility index (Phi) is 6.81. The van der Waals surface area contributed by atoms with Crippen molar-refractivity contribution in [2.24, 2.45) is 0 Å². The molecule has 6 heteroatoms. The van der Waals surface area contributed by atoms with Crippen LogP contribution in [0.4, 0.5) is 8.78 Å². The molecule has 0 aromatic heterocycles. The molecular weight excluding hydrogens is 254 g/mol. The molecule has 2 N–H and O–H groups in total. The van der Waals surface area contributed by atoms with Crippen molar-refractivity contribution in [3.8, 4) is 5.75 Å². The summed E-state index contributed by atoms with van der Waals surface area (Å²) in [6.45, 7) is 1.33. The molecule has 0 fully saturated rings. The van der Waals surface area contributed by atoms with Gasteiger partial charge in [0.25, 0.3) is 0 Å². The van der Waals surface area contributed by atoms with Crippen molar-refractivity contribution in [3.05, 3.63) is 29.8 Å². The molecule has 1 rings (SSSR count). The van der Waals surface area contributed by atoms with Crippen molar-refractivity contribution in [2.45, 2.75) is 12.8 Å². The van der Waals surface area contributed by atoms with E-state index < -0.39 is 11.6 Å². The quantitative estimate of drug-likeness (QED) is 0.704. The van der Waals surface area contributed by atoms with Crippen molar-refractivity contribution in [2.75, 3.05) is 26.7 Å². The summed E-state index contributed by atoms with van der Waals surface area (Å²) >= 11 is 0. The first kappa shape index (κ1) is 15.4. The first-order valence-electron chi connectivity index (χ1n) is 6.12. The number of carbonyl (C=O) groups is 1. The van der Waals surface area contributed by atoms with Gasteiger partial charge in [-0.25, -0.2) is 8.78 Å². The van der Waals surface area contributed by atoms with Crippen molar-refractivity contribution >= 4 is 5.91 Å². The number of nitrogens with one attached hydrogen (secondary N) is 2. The van der Waals surface area contributed by atoms with Crippen LogP contribution in [0.25, 0.3) is 0 Å². The summed E-state index contributed by atoms with van der Waals surface area (Å²) in [5.41, 5.74) is 0. The van der Waals surface area contributed by atoms with E-state index in [4.69, 9.17) is 4.74 Å². The lowest BCUT2D eigenvalue weighted by atomic mass is 10.3. The zero-order valence-electron chi connectivity index (χ0n) is 10.8. The summed E-state index contributed by atoms with van der Waals surface area (Å²) < 4.78 is 30.7. The molecule has 106 valence electrons. The maximum absolute atomic E-state index is 12.9. The predicted molar refractivity (Wildman–Crippen MR) is 68.0 cm³/mol. The Balaban J connectivity index is 2.16. The number of halogens is 2. The standard InChI is InChI=1S/C13H18F2N2O2/c1-16-6-2-3-13(18)17-7-8-19-10-4-5-11(14)12(15)9-10/h4-5,9,16H,2-3,6-8H2,1H3,(H,17,18). The largest absolute Gasteiger partial charge is 0.492 e. The first-order valence-corrected chi connectivity index (χ1v) is 6.12. The lowest BCUT2D eigenvalue weighted by Crippen LogP contribution is -2.28. The third-order valence-electron chi connectivity index (χ3n) is 2.41. The Labute approximate surface area is 111 Å². The highest BCUT2D eigenvalue weighted by atomic mass is 19.2. The Morgan fingerprint density at radius 3 is 2.74 bits per heavy atom. The number of rotatable bonds is 8. The van der Waals surface area contributed by atoms with E-state index in [9.17, 15) is 13.6 Å². The fourth-order valence-electron chi connectivity index (χ4n) is 1.44. The maximum Gasteiger partial charge on any atom is 0.220 e. The van der Waals surface area contributed by atoms with Crippen LogP contribution < -0.4 is 15.4 Å². The van der Waals surface area contributed by atoms with Crippen LogP contribution in [0.3, 0.4) is 0 Å². The fraction of sp³-hybridized carbons (Fsp3) is 0.462. The molecule has 0 spiro atoms. The second-order valence-electron chi connectivity index (χ2n) is 3.98. The van der Waals surface area contributed by atoms with Crippen LogP contribution >= 0.6 is 0 Å². The highest BCUT2D eigenvalue weighted by Crippen LogP contribution is 2.14. The van der Waals surface area contributed by atoms with Gasteiger partial charge in [0.15, 0.2) is 11.6 Å². The minimum absolute atomic E-state index is 0.0517. The van der Waals surface area contributed by atoms with Gasteiger partial charge in [0.2, 0.25) is 5.91 Å². The van der Waals surface area contributed by atoms with Gasteiger partial charge in [-0.1, -0.05) is 0 Å². The number of benzene rings is 1. The molecule has 19 heavy (non-hydrogen) atoms. The van der Waals surface area contributed by atoms with Crippen LogP contribution in [0, 0.1) is 11.6 Å². The zero-order chi connectivity index (χ0) is 14.1. The number of hydrogen-bond donors (Lipinski definition) is 2. The lowest BCUT2D eigenvalue weighted by molar-refractivity contribution is -0.121. The second kappa shape index (κ2) is 8.42. The van der Waals surface area contributed by atoms with E-state index >= 15 is 0 Å². The van der Waals surface area contributed by atoms with Crippen LogP contribution in [-0.2, 0) is 4.79 Å². The van der Waals surface area contributed by atoms with E-state index in [0.717, 1.165) is 25.1 Å². The number of ether oxygens (including phenoxy) is 1. The van der Waals surface area contributed by atoms with Gasteiger partial charge in [0.1, 0.15) is 12.4 Å². The second-order valence-corrected chi connectivity index (χ2v) is 3.98. The van der Waals surface area contributed by atoms with Gasteiger partial charge < -0.3 is 15.4 Å². The molecular formula is C13H18F2N2O2. The minimum atomic E-state index is -0.950. The summed E-state index contributed by atoms with van der Waals surface area (Å²) in [5.74, 6) is -1.67.